The fourth-order valence-electron chi connectivity index (χ4n) is 1.47. The number of aliphatic hydroxyl groups is 1. The molecule has 0 bridgehead atoms. The molecule has 0 fully saturated rings. The number of aliphatic hydroxyl groups excluding tert-OH is 1. The summed E-state index contributed by atoms with van der Waals surface area (Å²) in [4.78, 5) is 3.97. The number of aromatic nitrogens is 1. The van der Waals surface area contributed by atoms with Crippen molar-refractivity contribution in [1.29, 1.82) is 5.26 Å². The summed E-state index contributed by atoms with van der Waals surface area (Å²) in [5, 5.41) is 18.0. The summed E-state index contributed by atoms with van der Waals surface area (Å²) in [6.45, 7) is 1.62. The molecule has 1 heterocycles. The highest BCUT2D eigenvalue weighted by Crippen LogP contribution is 2.24. The molecule has 0 saturated heterocycles. The molecule has 0 radical (unpaired) electrons. The second kappa shape index (κ2) is 5.46. The van der Waals surface area contributed by atoms with Crippen LogP contribution < -0.4 is 4.74 Å². The van der Waals surface area contributed by atoms with E-state index in [1.54, 1.807) is 19.1 Å². The number of nitriles is 1. The van der Waals surface area contributed by atoms with Gasteiger partial charge in [-0.1, -0.05) is 0 Å². The Morgan fingerprint density at radius 1 is 1.37 bits per heavy atom. The first-order valence-electron chi connectivity index (χ1n) is 5.61. The third kappa shape index (κ3) is 3.06. The largest absolute Gasteiger partial charge is 0.436 e. The molecule has 1 aromatic heterocycles. The molecule has 0 saturated carbocycles. The van der Waals surface area contributed by atoms with Crippen molar-refractivity contribution in [1.82, 2.24) is 4.98 Å². The fourth-order valence-corrected chi connectivity index (χ4v) is 1.47. The van der Waals surface area contributed by atoms with E-state index in [0.29, 0.717) is 5.56 Å². The van der Waals surface area contributed by atoms with Crippen molar-refractivity contribution in [3.05, 3.63) is 53.5 Å². The van der Waals surface area contributed by atoms with Crippen LogP contribution in [0.5, 0.6) is 11.6 Å². The Morgan fingerprint density at radius 3 is 2.68 bits per heavy atom. The number of benzene rings is 1. The van der Waals surface area contributed by atoms with E-state index >= 15 is 0 Å². The van der Waals surface area contributed by atoms with E-state index in [1.807, 2.05) is 6.07 Å². The van der Waals surface area contributed by atoms with E-state index in [-0.39, 0.29) is 17.2 Å². The van der Waals surface area contributed by atoms with Crippen molar-refractivity contribution >= 4 is 0 Å². The van der Waals surface area contributed by atoms with Crippen LogP contribution in [0.15, 0.2) is 36.5 Å². The molecule has 96 valence electrons. The number of ether oxygens (including phenoxy) is 1. The predicted molar refractivity (Wildman–Crippen MR) is 66.1 cm³/mol. The van der Waals surface area contributed by atoms with Crippen molar-refractivity contribution in [2.45, 2.75) is 13.0 Å². The molecule has 2 aromatic rings. The Morgan fingerprint density at radius 2 is 2.16 bits per heavy atom. The van der Waals surface area contributed by atoms with Crippen LogP contribution in [0.3, 0.4) is 0 Å². The molecule has 19 heavy (non-hydrogen) atoms. The maximum Gasteiger partial charge on any atom is 0.219 e. The monoisotopic (exact) mass is 258 g/mol. The van der Waals surface area contributed by atoms with Gasteiger partial charge in [0.05, 0.1) is 17.7 Å². The van der Waals surface area contributed by atoms with Gasteiger partial charge in [0.25, 0.3) is 0 Å². The Labute approximate surface area is 109 Å². The molecule has 2 rings (SSSR count). The van der Waals surface area contributed by atoms with Crippen molar-refractivity contribution in [2.75, 3.05) is 0 Å². The Hall–Kier alpha value is -2.45. The Balaban J connectivity index is 2.19. The predicted octanol–water partition coefficient (Wildman–Crippen LogP) is 2.94. The fraction of sp³-hybridized carbons (Fsp3) is 0.143. The molecular weight excluding hydrogens is 247 g/mol. The van der Waals surface area contributed by atoms with Crippen LogP contribution in [-0.4, -0.2) is 10.1 Å². The van der Waals surface area contributed by atoms with Gasteiger partial charge < -0.3 is 9.84 Å². The van der Waals surface area contributed by atoms with E-state index in [9.17, 15) is 9.50 Å². The molecular formula is C14H11FN2O2. The Kier molecular flexibility index (Phi) is 3.74. The first-order chi connectivity index (χ1) is 9.10. The highest BCUT2D eigenvalue weighted by atomic mass is 19.1. The lowest BCUT2D eigenvalue weighted by atomic mass is 10.2. The lowest BCUT2D eigenvalue weighted by molar-refractivity contribution is 0.198. The molecule has 1 aromatic carbocycles. The number of nitrogens with zero attached hydrogens (tertiary/aromatic N) is 2. The average Bonchev–Trinajstić information content (AvgIpc) is 2.41. The zero-order chi connectivity index (χ0) is 13.8. The SMILES string of the molecule is C[C@H](O)c1ccc(Oc2ccc(C#N)cc2F)nc1. The summed E-state index contributed by atoms with van der Waals surface area (Å²) in [5.41, 5.74) is 0.870. The molecule has 0 aliphatic heterocycles. The van der Waals surface area contributed by atoms with Gasteiger partial charge in [-0.2, -0.15) is 5.26 Å². The third-order valence-corrected chi connectivity index (χ3v) is 2.52. The third-order valence-electron chi connectivity index (χ3n) is 2.52. The number of hydrogen-bond donors (Lipinski definition) is 1. The van der Waals surface area contributed by atoms with Gasteiger partial charge in [-0.3, -0.25) is 0 Å². The molecule has 0 unspecified atom stereocenters. The van der Waals surface area contributed by atoms with E-state index in [0.717, 1.165) is 6.07 Å². The minimum atomic E-state index is -0.625. The van der Waals surface area contributed by atoms with E-state index in [2.05, 4.69) is 4.98 Å². The second-order valence-corrected chi connectivity index (χ2v) is 3.96. The van der Waals surface area contributed by atoms with Gasteiger partial charge in [0.15, 0.2) is 11.6 Å². The molecule has 1 N–H and O–H groups in total. The topological polar surface area (TPSA) is 66.1 Å². The van der Waals surface area contributed by atoms with E-state index < -0.39 is 11.9 Å². The maximum absolute atomic E-state index is 13.6. The van der Waals surface area contributed by atoms with E-state index in [1.165, 1.54) is 18.3 Å². The molecule has 0 spiro atoms. The van der Waals surface area contributed by atoms with Crippen molar-refractivity contribution in [2.24, 2.45) is 0 Å². The molecule has 0 aliphatic rings. The molecule has 0 aliphatic carbocycles. The second-order valence-electron chi connectivity index (χ2n) is 3.96. The standard InChI is InChI=1S/C14H11FN2O2/c1-9(18)11-3-5-14(17-8-11)19-13-4-2-10(7-16)6-12(13)15/h2-6,8-9,18H,1H3/t9-/m0/s1. The summed E-state index contributed by atoms with van der Waals surface area (Å²) in [6, 6.07) is 8.96. The zero-order valence-corrected chi connectivity index (χ0v) is 10.2. The van der Waals surface area contributed by atoms with Crippen LogP contribution in [-0.2, 0) is 0 Å². The highest BCUT2D eigenvalue weighted by Gasteiger charge is 2.07. The average molecular weight is 258 g/mol. The first kappa shape index (κ1) is 13.0. The van der Waals surface area contributed by atoms with Crippen LogP contribution in [0.1, 0.15) is 24.2 Å². The van der Waals surface area contributed by atoms with Crippen LogP contribution in [0.4, 0.5) is 4.39 Å². The lowest BCUT2D eigenvalue weighted by Gasteiger charge is -2.07. The van der Waals surface area contributed by atoms with Crippen molar-refractivity contribution in [3.8, 4) is 17.7 Å². The van der Waals surface area contributed by atoms with Gasteiger partial charge in [0.2, 0.25) is 5.88 Å². The van der Waals surface area contributed by atoms with Crippen LogP contribution >= 0.6 is 0 Å². The number of halogens is 1. The number of pyridine rings is 1. The van der Waals surface area contributed by atoms with Gasteiger partial charge >= 0.3 is 0 Å². The number of hydrogen-bond acceptors (Lipinski definition) is 4. The van der Waals surface area contributed by atoms with Crippen LogP contribution in [0.2, 0.25) is 0 Å². The van der Waals surface area contributed by atoms with Crippen molar-refractivity contribution < 1.29 is 14.2 Å². The molecule has 4 nitrogen and oxygen atoms in total. The summed E-state index contributed by atoms with van der Waals surface area (Å²) in [5.74, 6) is -0.412. The molecule has 0 amide bonds. The van der Waals surface area contributed by atoms with Crippen LogP contribution in [0.25, 0.3) is 0 Å². The zero-order valence-electron chi connectivity index (χ0n) is 10.2. The van der Waals surface area contributed by atoms with Crippen molar-refractivity contribution in [3.63, 3.8) is 0 Å². The van der Waals surface area contributed by atoms with Gasteiger partial charge in [0.1, 0.15) is 0 Å². The lowest BCUT2D eigenvalue weighted by Crippen LogP contribution is -1.95. The summed E-state index contributed by atoms with van der Waals surface area (Å²) in [7, 11) is 0. The van der Waals surface area contributed by atoms with Crippen LogP contribution in [0, 0.1) is 17.1 Å². The summed E-state index contributed by atoms with van der Waals surface area (Å²) < 4.78 is 18.9. The summed E-state index contributed by atoms with van der Waals surface area (Å²) >= 11 is 0. The number of rotatable bonds is 3. The Bertz CT molecular complexity index is 618. The molecule has 5 heteroatoms. The summed E-state index contributed by atoms with van der Waals surface area (Å²) in [6.07, 6.45) is 0.842. The van der Waals surface area contributed by atoms with E-state index in [4.69, 9.17) is 10.00 Å². The molecule has 1 atom stereocenters. The normalized spacial score (nSPS) is 11.7. The maximum atomic E-state index is 13.6. The van der Waals surface area contributed by atoms with Gasteiger partial charge in [0, 0.05) is 12.3 Å². The van der Waals surface area contributed by atoms with Gasteiger partial charge in [-0.05, 0) is 36.8 Å². The van der Waals surface area contributed by atoms with Gasteiger partial charge in [-0.15, -0.1) is 0 Å². The smallest absolute Gasteiger partial charge is 0.219 e. The quantitative estimate of drug-likeness (QED) is 0.919. The minimum absolute atomic E-state index is 0.00343. The first-order valence-corrected chi connectivity index (χ1v) is 5.61. The minimum Gasteiger partial charge on any atom is -0.436 e. The highest BCUT2D eigenvalue weighted by molar-refractivity contribution is 5.37. The van der Waals surface area contributed by atoms with Gasteiger partial charge in [-0.25, -0.2) is 9.37 Å².